The lowest BCUT2D eigenvalue weighted by atomic mass is 9.95. The SMILES string of the molecule is Cc1ccc(C)c(CC(Cc2cc(Cl)ccc2F)NN)c1. The second kappa shape index (κ2) is 7.03. The highest BCUT2D eigenvalue weighted by atomic mass is 35.5. The summed E-state index contributed by atoms with van der Waals surface area (Å²) in [5.74, 6) is 5.39. The lowest BCUT2D eigenvalue weighted by Gasteiger charge is -2.18. The second-order valence-electron chi connectivity index (χ2n) is 5.44. The molecule has 112 valence electrons. The van der Waals surface area contributed by atoms with E-state index < -0.39 is 0 Å². The highest BCUT2D eigenvalue weighted by molar-refractivity contribution is 6.30. The molecule has 2 nitrogen and oxygen atoms in total. The number of aryl methyl sites for hydroxylation is 2. The molecule has 21 heavy (non-hydrogen) atoms. The Morgan fingerprint density at radius 3 is 2.52 bits per heavy atom. The van der Waals surface area contributed by atoms with E-state index in [2.05, 4.69) is 37.5 Å². The van der Waals surface area contributed by atoms with E-state index in [0.29, 0.717) is 17.0 Å². The first-order chi connectivity index (χ1) is 9.99. The zero-order valence-electron chi connectivity index (χ0n) is 12.3. The molecule has 0 saturated carbocycles. The van der Waals surface area contributed by atoms with Crippen molar-refractivity contribution in [3.05, 3.63) is 69.5 Å². The van der Waals surface area contributed by atoms with Crippen LogP contribution in [-0.2, 0) is 12.8 Å². The largest absolute Gasteiger partial charge is 0.271 e. The summed E-state index contributed by atoms with van der Waals surface area (Å²) in [6.45, 7) is 4.13. The van der Waals surface area contributed by atoms with E-state index >= 15 is 0 Å². The van der Waals surface area contributed by atoms with E-state index in [1.807, 2.05) is 0 Å². The highest BCUT2D eigenvalue weighted by Crippen LogP contribution is 2.19. The summed E-state index contributed by atoms with van der Waals surface area (Å²) < 4.78 is 13.8. The lowest BCUT2D eigenvalue weighted by Crippen LogP contribution is -2.38. The van der Waals surface area contributed by atoms with Gasteiger partial charge in [0.05, 0.1) is 0 Å². The standard InChI is InChI=1S/C17H20ClFN2/c1-11-3-4-12(2)13(7-11)9-16(21-20)10-14-8-15(18)5-6-17(14)19/h3-8,16,21H,9-10,20H2,1-2H3. The highest BCUT2D eigenvalue weighted by Gasteiger charge is 2.13. The number of hydrogen-bond acceptors (Lipinski definition) is 2. The van der Waals surface area contributed by atoms with Crippen LogP contribution in [0.5, 0.6) is 0 Å². The van der Waals surface area contributed by atoms with Crippen molar-refractivity contribution in [3.63, 3.8) is 0 Å². The molecule has 1 unspecified atom stereocenters. The molecule has 2 rings (SSSR count). The maximum absolute atomic E-state index is 13.8. The predicted molar refractivity (Wildman–Crippen MR) is 85.8 cm³/mol. The van der Waals surface area contributed by atoms with Gasteiger partial charge in [-0.25, -0.2) is 4.39 Å². The molecule has 0 radical (unpaired) electrons. The lowest BCUT2D eigenvalue weighted by molar-refractivity contribution is 0.505. The van der Waals surface area contributed by atoms with Gasteiger partial charge in [-0.1, -0.05) is 35.4 Å². The Morgan fingerprint density at radius 1 is 1.10 bits per heavy atom. The summed E-state index contributed by atoms with van der Waals surface area (Å²) >= 11 is 5.93. The minimum absolute atomic E-state index is 0.0431. The van der Waals surface area contributed by atoms with Crippen molar-refractivity contribution in [2.24, 2.45) is 5.84 Å². The molecule has 0 aliphatic heterocycles. The number of benzene rings is 2. The van der Waals surface area contributed by atoms with Gasteiger partial charge >= 0.3 is 0 Å². The zero-order valence-corrected chi connectivity index (χ0v) is 13.0. The number of halogens is 2. The van der Waals surface area contributed by atoms with Gasteiger partial charge in [-0.3, -0.25) is 11.3 Å². The van der Waals surface area contributed by atoms with Gasteiger partial charge in [0.15, 0.2) is 0 Å². The van der Waals surface area contributed by atoms with Gasteiger partial charge in [0.25, 0.3) is 0 Å². The third-order valence-corrected chi connectivity index (χ3v) is 3.92. The molecule has 3 N–H and O–H groups in total. The van der Waals surface area contributed by atoms with E-state index in [-0.39, 0.29) is 11.9 Å². The van der Waals surface area contributed by atoms with Crippen LogP contribution in [0.25, 0.3) is 0 Å². The summed E-state index contributed by atoms with van der Waals surface area (Å²) in [5.41, 5.74) is 7.01. The third kappa shape index (κ3) is 4.27. The van der Waals surface area contributed by atoms with Crippen LogP contribution in [0.1, 0.15) is 22.3 Å². The molecule has 2 aromatic rings. The Balaban J connectivity index is 2.16. The number of rotatable bonds is 5. The molecule has 0 heterocycles. The molecule has 4 heteroatoms. The van der Waals surface area contributed by atoms with Crippen molar-refractivity contribution in [2.75, 3.05) is 0 Å². The van der Waals surface area contributed by atoms with Gasteiger partial charge in [-0.2, -0.15) is 0 Å². The molecule has 0 bridgehead atoms. The molecule has 0 aliphatic carbocycles. The van der Waals surface area contributed by atoms with Gasteiger partial charge in [0.1, 0.15) is 5.82 Å². The third-order valence-electron chi connectivity index (χ3n) is 3.68. The van der Waals surface area contributed by atoms with Crippen molar-refractivity contribution in [1.29, 1.82) is 0 Å². The van der Waals surface area contributed by atoms with Gasteiger partial charge in [0, 0.05) is 11.1 Å². The van der Waals surface area contributed by atoms with E-state index in [4.69, 9.17) is 17.4 Å². The monoisotopic (exact) mass is 306 g/mol. The molecule has 0 spiro atoms. The molecule has 0 amide bonds. The number of nitrogens with two attached hydrogens (primary N) is 1. The summed E-state index contributed by atoms with van der Waals surface area (Å²) in [7, 11) is 0. The first-order valence-corrected chi connectivity index (χ1v) is 7.33. The predicted octanol–water partition coefficient (Wildman–Crippen LogP) is 3.71. The first-order valence-electron chi connectivity index (χ1n) is 6.95. The van der Waals surface area contributed by atoms with Gasteiger partial charge in [0.2, 0.25) is 0 Å². The topological polar surface area (TPSA) is 38.0 Å². The first kappa shape index (κ1) is 16.0. The van der Waals surface area contributed by atoms with Crippen LogP contribution >= 0.6 is 11.6 Å². The van der Waals surface area contributed by atoms with Crippen molar-refractivity contribution < 1.29 is 4.39 Å². The van der Waals surface area contributed by atoms with Crippen LogP contribution in [0.4, 0.5) is 4.39 Å². The van der Waals surface area contributed by atoms with E-state index in [1.54, 1.807) is 12.1 Å². The van der Waals surface area contributed by atoms with Crippen LogP contribution in [-0.4, -0.2) is 6.04 Å². The minimum atomic E-state index is -0.249. The Bertz CT molecular complexity index is 575. The fourth-order valence-electron chi connectivity index (χ4n) is 2.44. The van der Waals surface area contributed by atoms with Gasteiger partial charge in [-0.05, 0) is 61.6 Å². The normalized spacial score (nSPS) is 12.4. The maximum atomic E-state index is 13.8. The van der Waals surface area contributed by atoms with Crippen LogP contribution < -0.4 is 11.3 Å². The summed E-state index contributed by atoms with van der Waals surface area (Å²) in [6.07, 6.45) is 1.24. The van der Waals surface area contributed by atoms with E-state index in [0.717, 1.165) is 6.42 Å². The molecule has 1 atom stereocenters. The van der Waals surface area contributed by atoms with Crippen molar-refractivity contribution >= 4 is 11.6 Å². The Labute approximate surface area is 130 Å². The zero-order chi connectivity index (χ0) is 15.4. The quantitative estimate of drug-likeness (QED) is 0.653. The Kier molecular flexibility index (Phi) is 5.34. The van der Waals surface area contributed by atoms with Gasteiger partial charge < -0.3 is 0 Å². The minimum Gasteiger partial charge on any atom is -0.271 e. The molecular weight excluding hydrogens is 287 g/mol. The number of hydrogen-bond donors (Lipinski definition) is 2. The molecule has 0 saturated heterocycles. The van der Waals surface area contributed by atoms with Crippen LogP contribution in [0.3, 0.4) is 0 Å². The average Bonchev–Trinajstić information content (AvgIpc) is 2.45. The molecular formula is C17H20ClFN2. The van der Waals surface area contributed by atoms with Crippen LogP contribution in [0, 0.1) is 19.7 Å². The fraction of sp³-hybridized carbons (Fsp3) is 0.294. The van der Waals surface area contributed by atoms with Crippen molar-refractivity contribution in [1.82, 2.24) is 5.43 Å². The molecule has 0 fully saturated rings. The van der Waals surface area contributed by atoms with E-state index in [9.17, 15) is 4.39 Å². The Hall–Kier alpha value is -1.42. The fourth-order valence-corrected chi connectivity index (χ4v) is 2.64. The van der Waals surface area contributed by atoms with Crippen molar-refractivity contribution in [2.45, 2.75) is 32.7 Å². The molecule has 0 aromatic heterocycles. The van der Waals surface area contributed by atoms with Gasteiger partial charge in [-0.15, -0.1) is 0 Å². The number of nitrogens with one attached hydrogen (secondary N) is 1. The summed E-state index contributed by atoms with van der Waals surface area (Å²) in [5, 5.41) is 0.536. The number of hydrazine groups is 1. The van der Waals surface area contributed by atoms with Crippen molar-refractivity contribution in [3.8, 4) is 0 Å². The Morgan fingerprint density at radius 2 is 1.81 bits per heavy atom. The average molecular weight is 307 g/mol. The van der Waals surface area contributed by atoms with E-state index in [1.165, 1.54) is 22.8 Å². The molecule has 0 aliphatic rings. The maximum Gasteiger partial charge on any atom is 0.126 e. The summed E-state index contributed by atoms with van der Waals surface area (Å²) in [4.78, 5) is 0. The summed E-state index contributed by atoms with van der Waals surface area (Å²) in [6, 6.07) is 10.9. The molecule has 2 aromatic carbocycles. The smallest absolute Gasteiger partial charge is 0.126 e. The van der Waals surface area contributed by atoms with Crippen LogP contribution in [0.2, 0.25) is 5.02 Å². The van der Waals surface area contributed by atoms with Crippen LogP contribution in [0.15, 0.2) is 36.4 Å². The second-order valence-corrected chi connectivity index (χ2v) is 5.87.